The second-order valence-corrected chi connectivity index (χ2v) is 9.61. The summed E-state index contributed by atoms with van der Waals surface area (Å²) in [5.74, 6) is -4.94. The van der Waals surface area contributed by atoms with Crippen molar-refractivity contribution in [1.29, 1.82) is 0 Å². The Labute approximate surface area is 247 Å². The Bertz CT molecular complexity index is 2120. The van der Waals surface area contributed by atoms with Gasteiger partial charge in [0.05, 0.1) is 49.6 Å². The lowest BCUT2D eigenvalue weighted by Gasteiger charge is -2.19. The molecule has 0 radical (unpaired) electrons. The van der Waals surface area contributed by atoms with Crippen molar-refractivity contribution in [2.45, 2.75) is 6.42 Å². The van der Waals surface area contributed by atoms with E-state index < -0.39 is 41.3 Å². The number of aliphatic hydroxyl groups is 1. The number of aliphatic carboxylic acids is 1. The number of fused-ring (bicyclic) bond motifs is 3. The maximum absolute atomic E-state index is 13.7. The van der Waals surface area contributed by atoms with Crippen molar-refractivity contribution in [3.05, 3.63) is 87.5 Å². The fraction of sp³-hybridized carbons (Fsp3) is 0.125. The number of ether oxygens (including phenoxy) is 3. The Balaban J connectivity index is 1.87. The second kappa shape index (κ2) is 11.3. The molecule has 12 heteroatoms. The summed E-state index contributed by atoms with van der Waals surface area (Å²) in [7, 11) is 3.65. The third kappa shape index (κ3) is 4.87. The minimum absolute atomic E-state index is 0.0185. The van der Waals surface area contributed by atoms with Crippen LogP contribution in [0.1, 0.15) is 32.0 Å². The SMILES string of the molecule is COC(=O)c1cc2cc3cc4cc(CC(=O)O)c(C(=O)/C=C(/O)c5ccccc5O)c(OC)c4c(OC)c3c(O)c2c(=O)o1. The van der Waals surface area contributed by atoms with Crippen molar-refractivity contribution in [2.24, 2.45) is 0 Å². The number of aliphatic hydroxyl groups excluding tert-OH is 1. The minimum Gasteiger partial charge on any atom is -0.507 e. The van der Waals surface area contributed by atoms with E-state index >= 15 is 0 Å². The number of allylic oxidation sites excluding steroid dienone is 1. The summed E-state index contributed by atoms with van der Waals surface area (Å²) in [5, 5.41) is 42.5. The number of carboxylic acids is 1. The number of methoxy groups -OCH3 is 3. The number of aromatic hydroxyl groups is 2. The Morgan fingerprint density at radius 3 is 2.09 bits per heavy atom. The fourth-order valence-electron chi connectivity index (χ4n) is 5.23. The summed E-state index contributed by atoms with van der Waals surface area (Å²) in [6.45, 7) is 0. The molecule has 0 aliphatic heterocycles. The van der Waals surface area contributed by atoms with E-state index in [2.05, 4.69) is 4.74 Å². The number of rotatable bonds is 8. The van der Waals surface area contributed by atoms with Gasteiger partial charge < -0.3 is 39.1 Å². The van der Waals surface area contributed by atoms with Crippen LogP contribution in [0.2, 0.25) is 0 Å². The molecular weight excluding hydrogens is 576 g/mol. The van der Waals surface area contributed by atoms with Gasteiger partial charge in [0.2, 0.25) is 5.76 Å². The molecule has 5 aromatic rings. The number of carboxylic acid groups (broad SMARTS) is 1. The standard InChI is InChI=1S/C32H24O12/c1-41-29-24(21(35)13-20(34)18-6-4-5-7-19(18)33)17(12-23(36)37)10-15-8-14-9-16-11-22(31(39)43-3)44-32(40)26(16)28(38)25(14)30(42-2)27(15)29/h4-11,13,33-34,38H,12H2,1-3H3,(H,36,37)/b20-13+. The first kappa shape index (κ1) is 29.5. The van der Waals surface area contributed by atoms with E-state index in [1.54, 1.807) is 12.1 Å². The molecule has 0 aliphatic rings. The van der Waals surface area contributed by atoms with Crippen LogP contribution < -0.4 is 15.1 Å². The zero-order valence-corrected chi connectivity index (χ0v) is 23.5. The molecular formula is C32H24O12. The normalized spacial score (nSPS) is 11.6. The lowest BCUT2D eigenvalue weighted by atomic mass is 9.90. The highest BCUT2D eigenvalue weighted by Crippen LogP contribution is 2.47. The van der Waals surface area contributed by atoms with Gasteiger partial charge in [-0.3, -0.25) is 9.59 Å². The number of phenolic OH excluding ortho intramolecular Hbond substituents is 2. The van der Waals surface area contributed by atoms with Gasteiger partial charge in [-0.25, -0.2) is 9.59 Å². The molecule has 0 saturated heterocycles. The number of benzene rings is 4. The van der Waals surface area contributed by atoms with E-state index in [0.717, 1.165) is 13.2 Å². The van der Waals surface area contributed by atoms with Crippen LogP contribution in [0.4, 0.5) is 0 Å². The largest absolute Gasteiger partial charge is 0.507 e. The molecule has 0 atom stereocenters. The van der Waals surface area contributed by atoms with Gasteiger partial charge in [0.25, 0.3) is 0 Å². The molecule has 0 fully saturated rings. The third-order valence-corrected chi connectivity index (χ3v) is 7.04. The van der Waals surface area contributed by atoms with E-state index in [1.807, 2.05) is 0 Å². The molecule has 0 unspecified atom stereocenters. The van der Waals surface area contributed by atoms with Crippen molar-refractivity contribution in [3.8, 4) is 23.0 Å². The molecule has 4 aromatic carbocycles. The molecule has 1 heterocycles. The van der Waals surface area contributed by atoms with E-state index in [0.29, 0.717) is 10.8 Å². The zero-order chi connectivity index (χ0) is 31.9. The van der Waals surface area contributed by atoms with Crippen LogP contribution in [0.3, 0.4) is 0 Å². The number of esters is 1. The predicted molar refractivity (Wildman–Crippen MR) is 158 cm³/mol. The Morgan fingerprint density at radius 2 is 1.48 bits per heavy atom. The highest BCUT2D eigenvalue weighted by Gasteiger charge is 2.27. The lowest BCUT2D eigenvalue weighted by molar-refractivity contribution is -0.136. The van der Waals surface area contributed by atoms with Gasteiger partial charge in [0.15, 0.2) is 5.78 Å². The number of hydrogen-bond donors (Lipinski definition) is 4. The van der Waals surface area contributed by atoms with Gasteiger partial charge in [-0.05, 0) is 58.1 Å². The highest BCUT2D eigenvalue weighted by molar-refractivity contribution is 6.20. The van der Waals surface area contributed by atoms with Crippen LogP contribution in [0.25, 0.3) is 38.1 Å². The van der Waals surface area contributed by atoms with Crippen LogP contribution in [0.5, 0.6) is 23.0 Å². The first-order valence-electron chi connectivity index (χ1n) is 12.9. The average Bonchev–Trinajstić information content (AvgIpc) is 2.98. The second-order valence-electron chi connectivity index (χ2n) is 9.61. The Morgan fingerprint density at radius 1 is 0.841 bits per heavy atom. The third-order valence-electron chi connectivity index (χ3n) is 7.04. The smallest absolute Gasteiger partial charge is 0.374 e. The van der Waals surface area contributed by atoms with Crippen LogP contribution >= 0.6 is 0 Å². The number of para-hydroxylation sites is 1. The quantitative estimate of drug-likeness (QED) is 0.0631. The van der Waals surface area contributed by atoms with Gasteiger partial charge in [0, 0.05) is 6.08 Å². The summed E-state index contributed by atoms with van der Waals surface area (Å²) in [4.78, 5) is 50.4. The summed E-state index contributed by atoms with van der Waals surface area (Å²) in [6.07, 6.45) is 0.220. The summed E-state index contributed by atoms with van der Waals surface area (Å²) in [6, 6.07) is 11.5. The molecule has 12 nitrogen and oxygen atoms in total. The molecule has 4 N–H and O–H groups in total. The fourth-order valence-corrected chi connectivity index (χ4v) is 5.23. The van der Waals surface area contributed by atoms with Crippen molar-refractivity contribution >= 4 is 55.8 Å². The summed E-state index contributed by atoms with van der Waals surface area (Å²) < 4.78 is 21.0. The molecule has 1 aromatic heterocycles. The van der Waals surface area contributed by atoms with E-state index in [9.17, 15) is 39.6 Å². The van der Waals surface area contributed by atoms with Gasteiger partial charge in [-0.15, -0.1) is 0 Å². The lowest BCUT2D eigenvalue weighted by Crippen LogP contribution is -2.11. The molecule has 5 rings (SSSR count). The van der Waals surface area contributed by atoms with Crippen LogP contribution in [-0.2, 0) is 16.0 Å². The molecule has 0 saturated carbocycles. The van der Waals surface area contributed by atoms with Crippen molar-refractivity contribution in [3.63, 3.8) is 0 Å². The van der Waals surface area contributed by atoms with Gasteiger partial charge in [-0.1, -0.05) is 12.1 Å². The minimum atomic E-state index is -1.26. The van der Waals surface area contributed by atoms with E-state index in [4.69, 9.17) is 13.9 Å². The molecule has 224 valence electrons. The summed E-state index contributed by atoms with van der Waals surface area (Å²) in [5.41, 5.74) is -1.23. The molecule has 0 bridgehead atoms. The van der Waals surface area contributed by atoms with Gasteiger partial charge >= 0.3 is 17.6 Å². The number of carbonyl (C=O) groups excluding carboxylic acids is 2. The van der Waals surface area contributed by atoms with Crippen LogP contribution in [0, 0.1) is 0 Å². The van der Waals surface area contributed by atoms with Crippen molar-refractivity contribution in [1.82, 2.24) is 0 Å². The molecule has 0 aliphatic carbocycles. The van der Waals surface area contributed by atoms with Crippen LogP contribution in [0.15, 0.2) is 63.8 Å². The van der Waals surface area contributed by atoms with E-state index in [-0.39, 0.29) is 61.2 Å². The summed E-state index contributed by atoms with van der Waals surface area (Å²) >= 11 is 0. The van der Waals surface area contributed by atoms with E-state index in [1.165, 1.54) is 50.6 Å². The number of ketones is 1. The molecule has 0 spiro atoms. The van der Waals surface area contributed by atoms with Gasteiger partial charge in [0.1, 0.15) is 34.1 Å². The number of hydrogen-bond acceptors (Lipinski definition) is 11. The van der Waals surface area contributed by atoms with Crippen molar-refractivity contribution < 1.29 is 53.4 Å². The number of carbonyl (C=O) groups is 3. The van der Waals surface area contributed by atoms with Crippen LogP contribution in [-0.4, -0.2) is 59.5 Å². The first-order valence-corrected chi connectivity index (χ1v) is 12.9. The monoisotopic (exact) mass is 600 g/mol. The van der Waals surface area contributed by atoms with Crippen molar-refractivity contribution in [2.75, 3.05) is 21.3 Å². The zero-order valence-electron chi connectivity index (χ0n) is 23.5. The van der Waals surface area contributed by atoms with Gasteiger partial charge in [-0.2, -0.15) is 0 Å². The molecule has 0 amide bonds. The molecule has 44 heavy (non-hydrogen) atoms. The topological polar surface area (TPSA) is 190 Å². The number of phenols is 2. The highest BCUT2D eigenvalue weighted by atomic mass is 16.5. The Kier molecular flexibility index (Phi) is 7.58. The first-order chi connectivity index (χ1) is 21.0. The maximum Gasteiger partial charge on any atom is 0.374 e. The Hall–Kier alpha value is -6.04. The average molecular weight is 601 g/mol. The maximum atomic E-state index is 13.7. The predicted octanol–water partition coefficient (Wildman–Crippen LogP) is 4.72.